The molecule has 2 rings (SSSR count). The lowest BCUT2D eigenvalue weighted by Crippen LogP contribution is -2.40. The van der Waals surface area contributed by atoms with E-state index in [0.29, 0.717) is 19.4 Å². The minimum atomic E-state index is -0.541. The van der Waals surface area contributed by atoms with Crippen LogP contribution in [0, 0.1) is 0 Å². The molecule has 2 saturated heterocycles. The average Bonchev–Trinajstić information content (AvgIpc) is 2.45. The van der Waals surface area contributed by atoms with E-state index in [4.69, 9.17) is 0 Å². The Labute approximate surface area is 84.4 Å². The first-order valence-electron chi connectivity index (χ1n) is 4.33. The van der Waals surface area contributed by atoms with Crippen LogP contribution in [-0.4, -0.2) is 45.1 Å². The fourth-order valence-electron chi connectivity index (χ4n) is 1.95. The van der Waals surface area contributed by atoms with Gasteiger partial charge in [0.25, 0.3) is 0 Å². The number of amides is 2. The molecular weight excluding hydrogens is 208 g/mol. The Kier molecular flexibility index (Phi) is 2.51. The van der Waals surface area contributed by atoms with E-state index in [1.54, 1.807) is 0 Å². The zero-order valence-corrected chi connectivity index (χ0v) is 8.22. The molecule has 0 aromatic heterocycles. The third-order valence-electron chi connectivity index (χ3n) is 2.65. The van der Waals surface area contributed by atoms with Gasteiger partial charge < -0.3 is 9.69 Å². The first-order valence-corrected chi connectivity index (χ1v) is 5.06. The summed E-state index contributed by atoms with van der Waals surface area (Å²) in [5.41, 5.74) is 0. The predicted octanol–water partition coefficient (Wildman–Crippen LogP) is -0.754. The fourth-order valence-corrected chi connectivity index (χ4v) is 2.22. The van der Waals surface area contributed by atoms with Crippen molar-refractivity contribution in [3.63, 3.8) is 0 Å². The second-order valence-electron chi connectivity index (χ2n) is 3.35. The summed E-state index contributed by atoms with van der Waals surface area (Å²) in [6.45, 7) is 0.484. The summed E-state index contributed by atoms with van der Waals surface area (Å²) >= 11 is -0.541. The third kappa shape index (κ3) is 1.32. The van der Waals surface area contributed by atoms with Crippen molar-refractivity contribution in [1.29, 1.82) is 0 Å². The molecule has 2 aliphatic heterocycles. The maximum absolute atomic E-state index is 11.6. The molecule has 14 heavy (non-hydrogen) atoms. The molecule has 0 N–H and O–H groups in total. The summed E-state index contributed by atoms with van der Waals surface area (Å²) in [6, 6.07) is -0.788. The Morgan fingerprint density at radius 2 is 2.29 bits per heavy atom. The molecule has 2 amide bonds. The number of carbonyl (C=O) groups is 2. The summed E-state index contributed by atoms with van der Waals surface area (Å²) in [6.07, 6.45) is 2.13. The Bertz CT molecular complexity index is 281. The van der Waals surface area contributed by atoms with E-state index in [9.17, 15) is 13.8 Å². The van der Waals surface area contributed by atoms with E-state index >= 15 is 0 Å². The highest BCUT2D eigenvalue weighted by Crippen LogP contribution is 2.28. The van der Waals surface area contributed by atoms with Crippen molar-refractivity contribution in [1.82, 2.24) is 9.96 Å². The van der Waals surface area contributed by atoms with Crippen molar-refractivity contribution < 1.29 is 18.1 Å². The van der Waals surface area contributed by atoms with Gasteiger partial charge in [0.05, 0.1) is 12.1 Å². The van der Waals surface area contributed by atoms with Gasteiger partial charge in [-0.15, -0.1) is 0 Å². The van der Waals surface area contributed by atoms with Gasteiger partial charge in [-0.3, -0.25) is 0 Å². The maximum Gasteiger partial charge on any atom is 0.345 e. The van der Waals surface area contributed by atoms with Crippen molar-refractivity contribution >= 4 is 24.3 Å². The second-order valence-corrected chi connectivity index (χ2v) is 3.66. The highest BCUT2D eigenvalue weighted by atomic mass is 32.2. The molecule has 0 aliphatic carbocycles. The molecule has 0 unspecified atom stereocenters. The molecule has 0 aromatic carbocycles. The van der Waals surface area contributed by atoms with Crippen molar-refractivity contribution in [2.45, 2.75) is 24.9 Å². The molecule has 0 radical (unpaired) electrons. The number of rotatable bonds is 3. The number of fused-ring (bicyclic) bond motifs is 2. The first kappa shape index (κ1) is 9.60. The van der Waals surface area contributed by atoms with Crippen LogP contribution >= 0.6 is 0 Å². The zero-order chi connectivity index (χ0) is 10.1. The highest BCUT2D eigenvalue weighted by molar-refractivity contribution is 7.60. The van der Waals surface area contributed by atoms with Gasteiger partial charge in [-0.25, -0.2) is 9.00 Å². The van der Waals surface area contributed by atoms with E-state index in [1.807, 2.05) is 0 Å². The molecular formula is C7H10N2O4S. The minimum Gasteiger partial charge on any atom is -0.311 e. The maximum atomic E-state index is 11.6. The number of hydroxylamine groups is 2. The fraction of sp³-hybridized carbons (Fsp3) is 0.714. The lowest BCUT2D eigenvalue weighted by Gasteiger charge is -2.25. The smallest absolute Gasteiger partial charge is 0.311 e. The van der Waals surface area contributed by atoms with Gasteiger partial charge in [0.15, 0.2) is 11.9 Å². The van der Waals surface area contributed by atoms with Gasteiger partial charge in [0.1, 0.15) is 6.29 Å². The predicted molar refractivity (Wildman–Crippen MR) is 47.4 cm³/mol. The van der Waals surface area contributed by atoms with E-state index < -0.39 is 11.9 Å². The largest absolute Gasteiger partial charge is 0.345 e. The van der Waals surface area contributed by atoms with Gasteiger partial charge in [0, 0.05) is 6.54 Å². The second kappa shape index (κ2) is 3.66. The number of hydrogen-bond donors (Lipinski definition) is 1. The molecule has 2 aliphatic rings. The summed E-state index contributed by atoms with van der Waals surface area (Å²) in [7, 11) is 0. The van der Waals surface area contributed by atoms with Crippen LogP contribution < -0.4 is 0 Å². The van der Waals surface area contributed by atoms with Crippen molar-refractivity contribution in [3.8, 4) is 0 Å². The molecule has 2 bridgehead atoms. The van der Waals surface area contributed by atoms with Crippen molar-refractivity contribution in [2.24, 2.45) is 0 Å². The quantitative estimate of drug-likeness (QED) is 0.500. The van der Waals surface area contributed by atoms with Gasteiger partial charge in [-0.05, 0) is 12.8 Å². The van der Waals surface area contributed by atoms with E-state index in [2.05, 4.69) is 4.28 Å². The third-order valence-corrected chi connectivity index (χ3v) is 2.89. The van der Waals surface area contributed by atoms with Gasteiger partial charge in [-0.1, -0.05) is 0 Å². The lowest BCUT2D eigenvalue weighted by molar-refractivity contribution is -0.112. The summed E-state index contributed by atoms with van der Waals surface area (Å²) in [4.78, 5) is 23.7. The van der Waals surface area contributed by atoms with Crippen LogP contribution in [0.25, 0.3) is 0 Å². The Balaban J connectivity index is 2.16. The van der Waals surface area contributed by atoms with Gasteiger partial charge in [0.2, 0.25) is 0 Å². The topological polar surface area (TPSA) is 66.9 Å². The number of urea groups is 1. The number of aldehydes is 1. The SMILES string of the molecule is O=C[C@@H]1CC[C@@H]2CN1C(=O)N2O[SH]=O. The summed E-state index contributed by atoms with van der Waals surface area (Å²) < 4.78 is 14.9. The number of nitrogens with zero attached hydrogens (tertiary/aromatic N) is 2. The van der Waals surface area contributed by atoms with Gasteiger partial charge >= 0.3 is 6.03 Å². The monoisotopic (exact) mass is 218 g/mol. The van der Waals surface area contributed by atoms with Gasteiger partial charge in [-0.2, -0.15) is 9.35 Å². The number of carbonyl (C=O) groups excluding carboxylic acids is 2. The van der Waals surface area contributed by atoms with Crippen LogP contribution in [0.5, 0.6) is 0 Å². The molecule has 0 aromatic rings. The average molecular weight is 218 g/mol. The molecule has 2 heterocycles. The molecule has 2 atom stereocenters. The lowest BCUT2D eigenvalue weighted by atomic mass is 10.0. The zero-order valence-electron chi connectivity index (χ0n) is 7.33. The molecule has 7 heteroatoms. The number of thiol groups is 1. The normalized spacial score (nSPS) is 31.0. The van der Waals surface area contributed by atoms with E-state index in [-0.39, 0.29) is 18.1 Å². The van der Waals surface area contributed by atoms with E-state index in [0.717, 1.165) is 11.3 Å². The summed E-state index contributed by atoms with van der Waals surface area (Å²) in [5.74, 6) is 0. The van der Waals surface area contributed by atoms with Crippen LogP contribution in [0.15, 0.2) is 0 Å². The molecule has 78 valence electrons. The van der Waals surface area contributed by atoms with Crippen LogP contribution in [-0.2, 0) is 21.0 Å². The Hall–Kier alpha value is -0.950. The van der Waals surface area contributed by atoms with Crippen LogP contribution in [0.4, 0.5) is 4.79 Å². The number of piperidine rings is 1. The van der Waals surface area contributed by atoms with Crippen molar-refractivity contribution in [2.75, 3.05) is 6.54 Å². The molecule has 0 saturated carbocycles. The van der Waals surface area contributed by atoms with E-state index in [1.165, 1.54) is 4.90 Å². The van der Waals surface area contributed by atoms with Crippen LogP contribution in [0.3, 0.4) is 0 Å². The van der Waals surface area contributed by atoms with Crippen molar-refractivity contribution in [3.05, 3.63) is 0 Å². The van der Waals surface area contributed by atoms with Crippen LogP contribution in [0.2, 0.25) is 0 Å². The Morgan fingerprint density at radius 1 is 1.50 bits per heavy atom. The summed E-state index contributed by atoms with van der Waals surface area (Å²) in [5, 5.41) is 1.10. The highest BCUT2D eigenvalue weighted by Gasteiger charge is 2.45. The minimum absolute atomic E-state index is 0.0693. The molecule has 6 nitrogen and oxygen atoms in total. The molecule has 2 fully saturated rings. The molecule has 0 spiro atoms. The first-order chi connectivity index (χ1) is 6.77. The Morgan fingerprint density at radius 3 is 2.93 bits per heavy atom. The standard InChI is InChI=1S/C7H10N2O4S/c10-4-6-2-1-5-3-8(6)7(11)9(5)13-14-12/h4-6,14H,1-3H2/t5-,6+/m1/s1. The van der Waals surface area contributed by atoms with Crippen LogP contribution in [0.1, 0.15) is 12.8 Å². The number of hydrogen-bond acceptors (Lipinski definition) is 4.